The van der Waals surface area contributed by atoms with Crippen LogP contribution in [0.1, 0.15) is 5.69 Å². The van der Waals surface area contributed by atoms with Gasteiger partial charge in [0.1, 0.15) is 10.7 Å². The van der Waals surface area contributed by atoms with Crippen molar-refractivity contribution in [2.75, 3.05) is 37.5 Å². The largest absolute Gasteiger partial charge is 0.390 e. The summed E-state index contributed by atoms with van der Waals surface area (Å²) in [7, 11) is 2.07. The van der Waals surface area contributed by atoms with Crippen LogP contribution in [0.15, 0.2) is 53.7 Å². The third-order valence-corrected chi connectivity index (χ3v) is 7.41. The molecule has 0 amide bonds. The van der Waals surface area contributed by atoms with Gasteiger partial charge in [0.2, 0.25) is 0 Å². The van der Waals surface area contributed by atoms with Crippen LogP contribution in [0.4, 0.5) is 5.69 Å². The summed E-state index contributed by atoms with van der Waals surface area (Å²) in [6.45, 7) is 3.60. The molecule has 2 aliphatic rings. The number of rotatable bonds is 6. The second-order valence-corrected chi connectivity index (χ2v) is 9.96. The van der Waals surface area contributed by atoms with Crippen LogP contribution in [0.2, 0.25) is 0 Å². The number of H-pyrrole nitrogens is 1. The maximum absolute atomic E-state index is 9.48. The third-order valence-electron chi connectivity index (χ3n) is 5.26. The molecule has 0 aliphatic carbocycles. The zero-order valence-corrected chi connectivity index (χ0v) is 17.8. The quantitative estimate of drug-likeness (QED) is 0.517. The van der Waals surface area contributed by atoms with Crippen molar-refractivity contribution in [2.45, 2.75) is 16.4 Å². The van der Waals surface area contributed by atoms with Gasteiger partial charge >= 0.3 is 0 Å². The molecule has 3 aromatic rings. The number of thioether (sulfide) groups is 1. The van der Waals surface area contributed by atoms with Crippen LogP contribution in [-0.4, -0.2) is 69.6 Å². The lowest BCUT2D eigenvalue weighted by atomic mass is 10.1. The molecule has 1 atom stereocenters. The number of pyridine rings is 1. The zero-order chi connectivity index (χ0) is 19.8. The van der Waals surface area contributed by atoms with Crippen molar-refractivity contribution in [3.05, 3.63) is 54.4 Å². The lowest BCUT2D eigenvalue weighted by molar-refractivity contribution is -0.448. The SMILES string of the molecule is CN(Sc1ccccn1)c1cccc2cc(C3=[NH+]CC(CN4CC(O)C4)S3)[nH]c12. The Labute approximate surface area is 178 Å². The molecule has 0 saturated carbocycles. The molecule has 1 aromatic carbocycles. The molecule has 3 N–H and O–H groups in total. The number of likely N-dealkylation sites (tertiary alicyclic amines) is 1. The van der Waals surface area contributed by atoms with Crippen molar-refractivity contribution >= 4 is 45.3 Å². The Morgan fingerprint density at radius 1 is 1.31 bits per heavy atom. The molecule has 6 nitrogen and oxygen atoms in total. The first-order valence-corrected chi connectivity index (χ1v) is 11.4. The minimum Gasteiger partial charge on any atom is -0.390 e. The smallest absolute Gasteiger partial charge is 0.257 e. The highest BCUT2D eigenvalue weighted by Gasteiger charge is 2.33. The summed E-state index contributed by atoms with van der Waals surface area (Å²) in [5.41, 5.74) is 3.41. The van der Waals surface area contributed by atoms with Crippen LogP contribution >= 0.6 is 23.7 Å². The van der Waals surface area contributed by atoms with Gasteiger partial charge in [-0.05, 0) is 36.0 Å². The van der Waals surface area contributed by atoms with E-state index in [1.54, 1.807) is 11.9 Å². The maximum Gasteiger partial charge on any atom is 0.257 e. The normalized spacial score (nSPS) is 20.1. The Hall–Kier alpha value is -2.00. The molecule has 8 heteroatoms. The Bertz CT molecular complexity index is 1030. The number of hydrogen-bond acceptors (Lipinski definition) is 6. The molecule has 0 spiro atoms. The van der Waals surface area contributed by atoms with Crippen molar-refractivity contribution in [3.63, 3.8) is 0 Å². The molecule has 4 heterocycles. The van der Waals surface area contributed by atoms with Crippen molar-refractivity contribution in [1.82, 2.24) is 14.9 Å². The van der Waals surface area contributed by atoms with Gasteiger partial charge in [0.15, 0.2) is 6.54 Å². The molecule has 0 radical (unpaired) electrons. The molecule has 2 aromatic heterocycles. The second kappa shape index (κ2) is 8.02. The first-order valence-electron chi connectivity index (χ1n) is 9.78. The van der Waals surface area contributed by atoms with E-state index in [2.05, 4.69) is 55.5 Å². The predicted octanol–water partition coefficient (Wildman–Crippen LogP) is 1.33. The Kier molecular flexibility index (Phi) is 5.26. The number of para-hydroxylation sites is 1. The highest BCUT2D eigenvalue weighted by atomic mass is 32.2. The van der Waals surface area contributed by atoms with Crippen LogP contribution < -0.4 is 9.30 Å². The van der Waals surface area contributed by atoms with Crippen molar-refractivity contribution in [1.29, 1.82) is 0 Å². The number of benzene rings is 1. The molecule has 2 aliphatic heterocycles. The second-order valence-electron chi connectivity index (χ2n) is 7.50. The van der Waals surface area contributed by atoms with E-state index in [0.29, 0.717) is 5.25 Å². The molecular formula is C21H24N5OS2+. The standard InChI is InChI=1S/C21H23N5OS2/c1-25(29-19-7-2-3-8-22-19)18-6-4-5-14-9-17(24-20(14)18)21-23-10-16(28-21)13-26-11-15(27)12-26/h2-9,15-16,24,27H,10-13H2,1H3/p+1. The van der Waals surface area contributed by atoms with Gasteiger partial charge in [-0.1, -0.05) is 18.2 Å². The van der Waals surface area contributed by atoms with E-state index in [4.69, 9.17) is 0 Å². The summed E-state index contributed by atoms with van der Waals surface area (Å²) in [5.74, 6) is 0. The molecule has 0 bridgehead atoms. The Morgan fingerprint density at radius 2 is 2.21 bits per heavy atom. The fourth-order valence-corrected chi connectivity index (χ4v) is 5.78. The lowest BCUT2D eigenvalue weighted by Gasteiger charge is -2.36. The molecule has 1 unspecified atom stereocenters. The molecular weight excluding hydrogens is 402 g/mol. The van der Waals surface area contributed by atoms with Gasteiger partial charge in [0, 0.05) is 50.2 Å². The number of nitrogens with one attached hydrogen (secondary N) is 2. The van der Waals surface area contributed by atoms with Gasteiger partial charge in [-0.2, -0.15) is 0 Å². The van der Waals surface area contributed by atoms with E-state index in [0.717, 1.165) is 48.1 Å². The zero-order valence-electron chi connectivity index (χ0n) is 16.2. The summed E-state index contributed by atoms with van der Waals surface area (Å²) in [4.78, 5) is 13.9. The van der Waals surface area contributed by atoms with Gasteiger partial charge in [0.25, 0.3) is 5.04 Å². The van der Waals surface area contributed by atoms with E-state index >= 15 is 0 Å². The average molecular weight is 427 g/mol. The van der Waals surface area contributed by atoms with E-state index < -0.39 is 0 Å². The maximum atomic E-state index is 9.48. The number of aliphatic hydroxyl groups is 1. The van der Waals surface area contributed by atoms with Crippen LogP contribution in [0.5, 0.6) is 0 Å². The summed E-state index contributed by atoms with van der Waals surface area (Å²) < 4.78 is 2.16. The van der Waals surface area contributed by atoms with E-state index in [1.165, 1.54) is 10.4 Å². The van der Waals surface area contributed by atoms with Crippen molar-refractivity contribution in [2.24, 2.45) is 0 Å². The number of fused-ring (bicyclic) bond motifs is 1. The average Bonchev–Trinajstić information content (AvgIpc) is 3.34. The van der Waals surface area contributed by atoms with Gasteiger partial charge in [-0.15, -0.1) is 0 Å². The fourth-order valence-electron chi connectivity index (χ4n) is 3.81. The minimum absolute atomic E-state index is 0.133. The van der Waals surface area contributed by atoms with Crippen LogP contribution in [0, 0.1) is 0 Å². The van der Waals surface area contributed by atoms with Crippen LogP contribution in [0.3, 0.4) is 0 Å². The lowest BCUT2D eigenvalue weighted by Crippen LogP contribution is -2.71. The highest BCUT2D eigenvalue weighted by molar-refractivity contribution is 8.14. The topological polar surface area (TPSA) is 69.4 Å². The number of aromatic nitrogens is 2. The first-order chi connectivity index (χ1) is 14.2. The van der Waals surface area contributed by atoms with Gasteiger partial charge in [-0.3, -0.25) is 4.90 Å². The van der Waals surface area contributed by atoms with Crippen molar-refractivity contribution < 1.29 is 10.1 Å². The summed E-state index contributed by atoms with van der Waals surface area (Å²) in [6.07, 6.45) is 1.69. The Balaban J connectivity index is 1.32. The molecule has 1 saturated heterocycles. The molecule has 150 valence electrons. The number of nitrogens with zero attached hydrogens (tertiary/aromatic N) is 3. The predicted molar refractivity (Wildman–Crippen MR) is 121 cm³/mol. The van der Waals surface area contributed by atoms with Gasteiger partial charge in [-0.25, -0.2) is 9.98 Å². The van der Waals surface area contributed by atoms with E-state index in [9.17, 15) is 5.11 Å². The first kappa shape index (κ1) is 19.0. The Morgan fingerprint density at radius 3 is 3.00 bits per heavy atom. The molecule has 1 fully saturated rings. The monoisotopic (exact) mass is 426 g/mol. The van der Waals surface area contributed by atoms with E-state index in [-0.39, 0.29) is 6.10 Å². The van der Waals surface area contributed by atoms with Gasteiger partial charge in [0.05, 0.1) is 22.6 Å². The van der Waals surface area contributed by atoms with Crippen LogP contribution in [0.25, 0.3) is 10.9 Å². The summed E-state index contributed by atoms with van der Waals surface area (Å²) in [5, 5.41) is 13.4. The third kappa shape index (κ3) is 4.02. The molecule has 29 heavy (non-hydrogen) atoms. The summed E-state index contributed by atoms with van der Waals surface area (Å²) in [6, 6.07) is 14.6. The number of anilines is 1. The number of aliphatic hydroxyl groups excluding tert-OH is 1. The number of hydrogen-bond donors (Lipinski definition) is 3. The molecule has 5 rings (SSSR count). The van der Waals surface area contributed by atoms with Crippen molar-refractivity contribution in [3.8, 4) is 0 Å². The number of β-amino-alcohol motifs (C(OH)–C–C–N with tert-alkyl or cyclic N) is 1. The summed E-state index contributed by atoms with van der Waals surface area (Å²) >= 11 is 3.51. The minimum atomic E-state index is -0.133. The van der Waals surface area contributed by atoms with Crippen LogP contribution in [-0.2, 0) is 0 Å². The van der Waals surface area contributed by atoms with Gasteiger partial charge < -0.3 is 14.4 Å². The van der Waals surface area contributed by atoms with E-state index in [1.807, 2.05) is 36.2 Å². The number of aromatic amines is 1. The highest BCUT2D eigenvalue weighted by Crippen LogP contribution is 2.33. The fraction of sp³-hybridized carbons (Fsp3) is 0.333.